The van der Waals surface area contributed by atoms with Crippen molar-refractivity contribution in [3.63, 3.8) is 0 Å². The van der Waals surface area contributed by atoms with Crippen molar-refractivity contribution >= 4 is 11.7 Å². The summed E-state index contributed by atoms with van der Waals surface area (Å²) in [6, 6.07) is 18.4. The molecule has 2 aromatic rings. The van der Waals surface area contributed by atoms with E-state index in [9.17, 15) is 4.79 Å². The molecule has 120 valence electrons. The van der Waals surface area contributed by atoms with E-state index in [1.165, 1.54) is 11.1 Å². The number of nitrogens with one attached hydrogen (secondary N) is 1. The van der Waals surface area contributed by atoms with Crippen molar-refractivity contribution in [1.29, 1.82) is 0 Å². The lowest BCUT2D eigenvalue weighted by atomic mass is 9.86. The molecule has 0 aromatic heterocycles. The molecule has 1 heterocycles. The van der Waals surface area contributed by atoms with E-state index in [0.717, 1.165) is 25.1 Å². The molecule has 0 radical (unpaired) electrons. The number of aryl methyl sites for hydroxylation is 1. The van der Waals surface area contributed by atoms with Gasteiger partial charge < -0.3 is 10.2 Å². The Bertz CT molecular complexity index is 651. The number of rotatable bonds is 2. The number of benzene rings is 2. The van der Waals surface area contributed by atoms with Crippen LogP contribution in [0.1, 0.15) is 36.9 Å². The van der Waals surface area contributed by atoms with E-state index in [1.54, 1.807) is 0 Å². The molecule has 2 atom stereocenters. The zero-order valence-electron chi connectivity index (χ0n) is 13.8. The summed E-state index contributed by atoms with van der Waals surface area (Å²) in [4.78, 5) is 14.8. The van der Waals surface area contributed by atoms with Gasteiger partial charge in [0.15, 0.2) is 0 Å². The second-order valence-electron chi connectivity index (χ2n) is 6.46. The van der Waals surface area contributed by atoms with Crippen LogP contribution >= 0.6 is 0 Å². The molecule has 3 rings (SSSR count). The Kier molecular flexibility index (Phi) is 4.65. The highest BCUT2D eigenvalue weighted by molar-refractivity contribution is 5.89. The van der Waals surface area contributed by atoms with Gasteiger partial charge in [0.1, 0.15) is 0 Å². The van der Waals surface area contributed by atoms with Gasteiger partial charge in [-0.25, -0.2) is 4.79 Å². The highest BCUT2D eigenvalue weighted by atomic mass is 16.2. The Hall–Kier alpha value is -2.29. The minimum Gasteiger partial charge on any atom is -0.317 e. The Labute approximate surface area is 138 Å². The molecule has 0 aliphatic carbocycles. The summed E-state index contributed by atoms with van der Waals surface area (Å²) < 4.78 is 0. The predicted octanol–water partition coefficient (Wildman–Crippen LogP) is 5.00. The van der Waals surface area contributed by atoms with Crippen LogP contribution in [-0.2, 0) is 0 Å². The van der Waals surface area contributed by atoms with Gasteiger partial charge in [-0.15, -0.1) is 0 Å². The minimum absolute atomic E-state index is 0.00618. The lowest BCUT2D eigenvalue weighted by molar-refractivity contribution is 0.129. The zero-order chi connectivity index (χ0) is 16.2. The first-order valence-corrected chi connectivity index (χ1v) is 8.34. The summed E-state index contributed by atoms with van der Waals surface area (Å²) in [6.45, 7) is 5.14. The van der Waals surface area contributed by atoms with E-state index in [1.807, 2.05) is 35.2 Å². The summed E-state index contributed by atoms with van der Waals surface area (Å²) in [6.07, 6.45) is 2.22. The van der Waals surface area contributed by atoms with E-state index >= 15 is 0 Å². The number of likely N-dealkylation sites (tertiary alicyclic amines) is 1. The van der Waals surface area contributed by atoms with Crippen molar-refractivity contribution in [3.05, 3.63) is 65.7 Å². The fraction of sp³-hybridized carbons (Fsp3) is 0.350. The second kappa shape index (κ2) is 6.86. The first-order chi connectivity index (χ1) is 11.1. The molecule has 1 aliphatic heterocycles. The third-order valence-electron chi connectivity index (χ3n) is 4.64. The number of carbonyl (C=O) groups excluding carboxylic acids is 1. The number of anilines is 1. The Morgan fingerprint density at radius 1 is 1.09 bits per heavy atom. The zero-order valence-corrected chi connectivity index (χ0v) is 13.8. The predicted molar refractivity (Wildman–Crippen MR) is 94.5 cm³/mol. The summed E-state index contributed by atoms with van der Waals surface area (Å²) in [5, 5.41) is 3.03. The van der Waals surface area contributed by atoms with Crippen LogP contribution < -0.4 is 5.32 Å². The van der Waals surface area contributed by atoms with Gasteiger partial charge in [0.05, 0.1) is 6.04 Å². The van der Waals surface area contributed by atoms with Crippen LogP contribution in [0.2, 0.25) is 0 Å². The first-order valence-electron chi connectivity index (χ1n) is 8.34. The maximum atomic E-state index is 12.8. The summed E-state index contributed by atoms with van der Waals surface area (Å²) in [5.74, 6) is 0.466. The molecule has 3 nitrogen and oxygen atoms in total. The molecule has 0 saturated carbocycles. The summed E-state index contributed by atoms with van der Waals surface area (Å²) in [7, 11) is 0. The Balaban J connectivity index is 1.82. The molecule has 2 aromatic carbocycles. The van der Waals surface area contributed by atoms with Gasteiger partial charge in [0.2, 0.25) is 0 Å². The fourth-order valence-electron chi connectivity index (χ4n) is 3.40. The standard InChI is InChI=1S/C20H24N2O/c1-15-10-12-17(13-11-15)19-16(2)7-6-14-22(19)20(23)21-18-8-4-3-5-9-18/h3-5,8-13,16,19H,6-7,14H2,1-2H3,(H,21,23). The van der Waals surface area contributed by atoms with Crippen molar-refractivity contribution in [2.24, 2.45) is 5.92 Å². The molecule has 0 bridgehead atoms. The van der Waals surface area contributed by atoms with Crippen LogP contribution in [0.4, 0.5) is 10.5 Å². The van der Waals surface area contributed by atoms with Crippen molar-refractivity contribution in [1.82, 2.24) is 4.90 Å². The number of piperidine rings is 1. The number of para-hydroxylation sites is 1. The molecule has 0 spiro atoms. The van der Waals surface area contributed by atoms with Crippen molar-refractivity contribution in [2.75, 3.05) is 11.9 Å². The average molecular weight is 308 g/mol. The lowest BCUT2D eigenvalue weighted by Gasteiger charge is -2.40. The number of nitrogens with zero attached hydrogens (tertiary/aromatic N) is 1. The molecule has 1 aliphatic rings. The average Bonchev–Trinajstić information content (AvgIpc) is 2.56. The van der Waals surface area contributed by atoms with Gasteiger partial charge in [-0.3, -0.25) is 0 Å². The van der Waals surface area contributed by atoms with Gasteiger partial charge in [0.25, 0.3) is 0 Å². The molecular weight excluding hydrogens is 284 g/mol. The smallest absolute Gasteiger partial charge is 0.317 e. The molecule has 1 N–H and O–H groups in total. The third kappa shape index (κ3) is 3.55. The third-order valence-corrected chi connectivity index (χ3v) is 4.64. The highest BCUT2D eigenvalue weighted by Gasteiger charge is 2.33. The second-order valence-corrected chi connectivity index (χ2v) is 6.46. The molecular formula is C20H24N2O. The van der Waals surface area contributed by atoms with E-state index in [-0.39, 0.29) is 12.1 Å². The molecule has 1 fully saturated rings. The number of hydrogen-bond acceptors (Lipinski definition) is 1. The van der Waals surface area contributed by atoms with Gasteiger partial charge in [-0.2, -0.15) is 0 Å². The minimum atomic E-state index is -0.00618. The number of amides is 2. The normalized spacial score (nSPS) is 21.0. The van der Waals surface area contributed by atoms with E-state index in [0.29, 0.717) is 5.92 Å². The highest BCUT2D eigenvalue weighted by Crippen LogP contribution is 2.36. The summed E-state index contributed by atoms with van der Waals surface area (Å²) in [5.41, 5.74) is 3.32. The quantitative estimate of drug-likeness (QED) is 0.832. The van der Waals surface area contributed by atoms with Crippen LogP contribution in [-0.4, -0.2) is 17.5 Å². The molecule has 3 heteroatoms. The fourth-order valence-corrected chi connectivity index (χ4v) is 3.40. The lowest BCUT2D eigenvalue weighted by Crippen LogP contribution is -2.44. The Morgan fingerprint density at radius 2 is 1.78 bits per heavy atom. The maximum Gasteiger partial charge on any atom is 0.322 e. The van der Waals surface area contributed by atoms with Gasteiger partial charge >= 0.3 is 6.03 Å². The number of carbonyl (C=O) groups is 1. The van der Waals surface area contributed by atoms with Crippen molar-refractivity contribution < 1.29 is 4.79 Å². The molecule has 2 amide bonds. The van der Waals surface area contributed by atoms with Crippen molar-refractivity contribution in [2.45, 2.75) is 32.7 Å². The van der Waals surface area contributed by atoms with Crippen LogP contribution in [0.25, 0.3) is 0 Å². The Morgan fingerprint density at radius 3 is 2.48 bits per heavy atom. The van der Waals surface area contributed by atoms with E-state index in [4.69, 9.17) is 0 Å². The largest absolute Gasteiger partial charge is 0.322 e. The van der Waals surface area contributed by atoms with Crippen LogP contribution in [0.5, 0.6) is 0 Å². The van der Waals surface area contributed by atoms with Gasteiger partial charge in [-0.1, -0.05) is 55.0 Å². The molecule has 2 unspecified atom stereocenters. The van der Waals surface area contributed by atoms with Crippen LogP contribution in [0, 0.1) is 12.8 Å². The van der Waals surface area contributed by atoms with Gasteiger partial charge in [0, 0.05) is 12.2 Å². The molecule has 23 heavy (non-hydrogen) atoms. The van der Waals surface area contributed by atoms with Crippen LogP contribution in [0.3, 0.4) is 0 Å². The van der Waals surface area contributed by atoms with Crippen molar-refractivity contribution in [3.8, 4) is 0 Å². The van der Waals surface area contributed by atoms with Gasteiger partial charge in [-0.05, 0) is 43.4 Å². The molecule has 1 saturated heterocycles. The summed E-state index contributed by atoms with van der Waals surface area (Å²) >= 11 is 0. The topological polar surface area (TPSA) is 32.3 Å². The first kappa shape index (κ1) is 15.6. The monoisotopic (exact) mass is 308 g/mol. The SMILES string of the molecule is Cc1ccc(C2C(C)CCCN2C(=O)Nc2ccccc2)cc1. The van der Waals surface area contributed by atoms with Crippen LogP contribution in [0.15, 0.2) is 54.6 Å². The maximum absolute atomic E-state index is 12.8. The number of hydrogen-bond donors (Lipinski definition) is 1. The van der Waals surface area contributed by atoms with E-state index < -0.39 is 0 Å². The number of urea groups is 1. The van der Waals surface area contributed by atoms with E-state index in [2.05, 4.69) is 43.4 Å².